The predicted octanol–water partition coefficient (Wildman–Crippen LogP) is 4.24. The smallest absolute Gasteiger partial charge is 0.227 e. The zero-order valence-corrected chi connectivity index (χ0v) is 21.6. The van der Waals surface area contributed by atoms with Crippen LogP contribution in [0.4, 0.5) is 23.1 Å². The van der Waals surface area contributed by atoms with Crippen LogP contribution in [0.2, 0.25) is 0 Å². The summed E-state index contributed by atoms with van der Waals surface area (Å²) in [5.74, 6) is 1.49. The Morgan fingerprint density at radius 3 is 2.47 bits per heavy atom. The van der Waals surface area contributed by atoms with Crippen LogP contribution >= 0.6 is 0 Å². The molecule has 2 aromatic heterocycles. The quantitative estimate of drug-likeness (QED) is 0.490. The molecule has 8 nitrogen and oxygen atoms in total. The van der Waals surface area contributed by atoms with Crippen molar-refractivity contribution in [3.8, 4) is 11.3 Å². The standard InChI is InChI=1S/C28H38N8/c1-22-20-24(7-8-26(22)36-18-16-34(2)17-19-36)32-28-30-11-10-25(33-28)23-6-9-27(31-21-23)29-12-15-35-13-4-3-5-14-35/h6-11,20-21H,3-5,12-19H2,1-2H3,(H,29,31)(H,30,32,33). The second-order valence-corrected chi connectivity index (χ2v) is 9.94. The van der Waals surface area contributed by atoms with Crippen molar-refractivity contribution in [1.82, 2.24) is 24.8 Å². The highest BCUT2D eigenvalue weighted by Crippen LogP contribution is 2.26. The molecule has 2 aliphatic rings. The zero-order valence-electron chi connectivity index (χ0n) is 21.6. The van der Waals surface area contributed by atoms with Crippen LogP contribution in [-0.2, 0) is 0 Å². The summed E-state index contributed by atoms with van der Waals surface area (Å²) in [5, 5.41) is 6.82. The number of aromatic nitrogens is 3. The summed E-state index contributed by atoms with van der Waals surface area (Å²) >= 11 is 0. The average molecular weight is 487 g/mol. The molecule has 2 saturated heterocycles. The maximum atomic E-state index is 4.74. The molecule has 0 unspecified atom stereocenters. The molecule has 0 radical (unpaired) electrons. The first kappa shape index (κ1) is 24.5. The van der Waals surface area contributed by atoms with Crippen LogP contribution in [-0.4, -0.2) is 84.2 Å². The third-order valence-corrected chi connectivity index (χ3v) is 7.19. The lowest BCUT2D eigenvalue weighted by molar-refractivity contribution is 0.237. The monoisotopic (exact) mass is 486 g/mol. The molecule has 2 N–H and O–H groups in total. The number of likely N-dealkylation sites (tertiary alicyclic amines) is 1. The summed E-state index contributed by atoms with van der Waals surface area (Å²) in [5.41, 5.74) is 5.38. The van der Waals surface area contributed by atoms with Crippen molar-refractivity contribution in [3.63, 3.8) is 0 Å². The van der Waals surface area contributed by atoms with Gasteiger partial charge in [-0.2, -0.15) is 0 Å². The largest absolute Gasteiger partial charge is 0.369 e. The molecule has 0 bridgehead atoms. The lowest BCUT2D eigenvalue weighted by Gasteiger charge is -2.35. The zero-order chi connectivity index (χ0) is 24.7. The topological polar surface area (TPSA) is 72.4 Å². The van der Waals surface area contributed by atoms with Crippen LogP contribution < -0.4 is 15.5 Å². The number of nitrogens with zero attached hydrogens (tertiary/aromatic N) is 6. The third kappa shape index (κ3) is 6.30. The molecular formula is C28H38N8. The maximum absolute atomic E-state index is 4.74. The van der Waals surface area contributed by atoms with Crippen molar-refractivity contribution in [3.05, 3.63) is 54.4 Å². The van der Waals surface area contributed by atoms with Gasteiger partial charge in [0.15, 0.2) is 0 Å². The van der Waals surface area contributed by atoms with Gasteiger partial charge in [0.25, 0.3) is 0 Å². The van der Waals surface area contributed by atoms with Gasteiger partial charge < -0.3 is 25.3 Å². The summed E-state index contributed by atoms with van der Waals surface area (Å²) in [7, 11) is 2.18. The molecular weight excluding hydrogens is 448 g/mol. The lowest BCUT2D eigenvalue weighted by atomic mass is 10.1. The van der Waals surface area contributed by atoms with E-state index in [-0.39, 0.29) is 0 Å². The fraction of sp³-hybridized carbons (Fsp3) is 0.464. The van der Waals surface area contributed by atoms with Crippen molar-refractivity contribution < 1.29 is 0 Å². The fourth-order valence-electron chi connectivity index (χ4n) is 5.02. The highest BCUT2D eigenvalue weighted by atomic mass is 15.2. The number of hydrogen-bond donors (Lipinski definition) is 2. The minimum Gasteiger partial charge on any atom is -0.369 e. The van der Waals surface area contributed by atoms with Crippen molar-refractivity contribution in [2.75, 3.05) is 74.9 Å². The number of piperazine rings is 1. The van der Waals surface area contributed by atoms with Crippen LogP contribution in [0.3, 0.4) is 0 Å². The van der Waals surface area contributed by atoms with Gasteiger partial charge in [0.1, 0.15) is 5.82 Å². The Morgan fingerprint density at radius 1 is 0.889 bits per heavy atom. The molecule has 0 amide bonds. The summed E-state index contributed by atoms with van der Waals surface area (Å²) < 4.78 is 0. The Kier molecular flexibility index (Phi) is 7.93. The molecule has 1 aromatic carbocycles. The van der Waals surface area contributed by atoms with Crippen LogP contribution in [0.1, 0.15) is 24.8 Å². The molecule has 2 aliphatic heterocycles. The SMILES string of the molecule is Cc1cc(Nc2nccc(-c3ccc(NCCN4CCCCC4)nc3)n2)ccc1N1CCN(C)CC1. The number of benzene rings is 1. The fourth-order valence-corrected chi connectivity index (χ4v) is 5.02. The normalized spacial score (nSPS) is 17.2. The van der Waals surface area contributed by atoms with E-state index in [0.29, 0.717) is 5.95 Å². The van der Waals surface area contributed by atoms with Gasteiger partial charge in [-0.25, -0.2) is 15.0 Å². The molecule has 3 aromatic rings. The first-order valence-electron chi connectivity index (χ1n) is 13.2. The van der Waals surface area contributed by atoms with Gasteiger partial charge in [0, 0.05) is 68.6 Å². The molecule has 0 saturated carbocycles. The lowest BCUT2D eigenvalue weighted by Crippen LogP contribution is -2.44. The van der Waals surface area contributed by atoms with Gasteiger partial charge in [0.05, 0.1) is 5.69 Å². The minimum atomic E-state index is 0.586. The van der Waals surface area contributed by atoms with Crippen LogP contribution in [0.5, 0.6) is 0 Å². The number of aryl methyl sites for hydroxylation is 1. The van der Waals surface area contributed by atoms with E-state index < -0.39 is 0 Å². The number of rotatable bonds is 8. The summed E-state index contributed by atoms with van der Waals surface area (Å²) in [6.45, 7) is 10.9. The number of pyridine rings is 1. The molecule has 2 fully saturated rings. The molecule has 0 spiro atoms. The van der Waals surface area contributed by atoms with Crippen molar-refractivity contribution in [2.45, 2.75) is 26.2 Å². The van der Waals surface area contributed by atoms with E-state index in [2.05, 4.69) is 73.5 Å². The van der Waals surface area contributed by atoms with Crippen molar-refractivity contribution in [1.29, 1.82) is 0 Å². The summed E-state index contributed by atoms with van der Waals surface area (Å²) in [6, 6.07) is 12.5. The van der Waals surface area contributed by atoms with E-state index in [0.717, 1.165) is 62.0 Å². The Hall–Kier alpha value is -3.23. The highest BCUT2D eigenvalue weighted by molar-refractivity contribution is 5.65. The van der Waals surface area contributed by atoms with E-state index in [9.17, 15) is 0 Å². The second-order valence-electron chi connectivity index (χ2n) is 9.94. The predicted molar refractivity (Wildman–Crippen MR) is 148 cm³/mol. The number of hydrogen-bond acceptors (Lipinski definition) is 8. The van der Waals surface area contributed by atoms with Gasteiger partial charge in [-0.15, -0.1) is 0 Å². The Balaban J connectivity index is 1.18. The maximum Gasteiger partial charge on any atom is 0.227 e. The summed E-state index contributed by atoms with van der Waals surface area (Å²) in [4.78, 5) is 21.2. The summed E-state index contributed by atoms with van der Waals surface area (Å²) in [6.07, 6.45) is 7.69. The van der Waals surface area contributed by atoms with E-state index in [1.54, 1.807) is 6.20 Å². The number of nitrogens with one attached hydrogen (secondary N) is 2. The van der Waals surface area contributed by atoms with Crippen LogP contribution in [0.15, 0.2) is 48.8 Å². The van der Waals surface area contributed by atoms with Gasteiger partial charge in [-0.05, 0) is 81.9 Å². The molecule has 36 heavy (non-hydrogen) atoms. The van der Waals surface area contributed by atoms with Gasteiger partial charge >= 0.3 is 0 Å². The van der Waals surface area contributed by atoms with Crippen LogP contribution in [0, 0.1) is 6.92 Å². The molecule has 8 heteroatoms. The second kappa shape index (κ2) is 11.7. The molecule has 190 valence electrons. The molecule has 0 atom stereocenters. The Morgan fingerprint density at radius 2 is 1.72 bits per heavy atom. The third-order valence-electron chi connectivity index (χ3n) is 7.19. The molecule has 5 rings (SSSR count). The van der Waals surface area contributed by atoms with E-state index in [4.69, 9.17) is 4.98 Å². The molecule has 0 aliphatic carbocycles. The van der Waals surface area contributed by atoms with E-state index >= 15 is 0 Å². The van der Waals surface area contributed by atoms with Crippen LogP contribution in [0.25, 0.3) is 11.3 Å². The Labute approximate surface area is 214 Å². The average Bonchev–Trinajstić information content (AvgIpc) is 2.91. The highest BCUT2D eigenvalue weighted by Gasteiger charge is 2.16. The first-order chi connectivity index (χ1) is 17.6. The van der Waals surface area contributed by atoms with Gasteiger partial charge in [-0.3, -0.25) is 0 Å². The first-order valence-corrected chi connectivity index (χ1v) is 13.2. The van der Waals surface area contributed by atoms with E-state index in [1.165, 1.54) is 43.6 Å². The van der Waals surface area contributed by atoms with Gasteiger partial charge in [0.2, 0.25) is 5.95 Å². The number of anilines is 4. The Bertz CT molecular complexity index is 1120. The molecule has 4 heterocycles. The van der Waals surface area contributed by atoms with Crippen molar-refractivity contribution >= 4 is 23.1 Å². The minimum absolute atomic E-state index is 0.586. The number of piperidine rings is 1. The van der Waals surface area contributed by atoms with Gasteiger partial charge in [-0.1, -0.05) is 6.42 Å². The number of likely N-dealkylation sites (N-methyl/N-ethyl adjacent to an activating group) is 1. The van der Waals surface area contributed by atoms with E-state index in [1.807, 2.05) is 18.3 Å². The van der Waals surface area contributed by atoms with Crippen molar-refractivity contribution in [2.24, 2.45) is 0 Å².